The van der Waals surface area contributed by atoms with Crippen LogP contribution in [-0.4, -0.2) is 30.6 Å². The second-order valence-electron chi connectivity index (χ2n) is 4.60. The number of carboxylic acids is 1. The molecular weight excluding hydrogens is 326 g/mol. The Morgan fingerprint density at radius 1 is 1.45 bits per heavy atom. The van der Waals surface area contributed by atoms with Crippen LogP contribution in [-0.2, 0) is 4.79 Å². The molecule has 2 N–H and O–H groups in total. The smallest absolute Gasteiger partial charge is 0.303 e. The second-order valence-corrected chi connectivity index (χ2v) is 5.45. The van der Waals surface area contributed by atoms with Crippen molar-refractivity contribution >= 4 is 27.8 Å². The molecule has 0 radical (unpaired) electrons. The minimum Gasteiger partial charge on any atom is -0.496 e. The average Bonchev–Trinajstić information content (AvgIpc) is 2.42. The summed E-state index contributed by atoms with van der Waals surface area (Å²) in [4.78, 5) is 22.4. The lowest BCUT2D eigenvalue weighted by molar-refractivity contribution is -0.137. The Balaban J connectivity index is 2.50. The van der Waals surface area contributed by atoms with Crippen LogP contribution in [0.3, 0.4) is 0 Å². The molecule has 110 valence electrons. The van der Waals surface area contributed by atoms with Gasteiger partial charge in [0, 0.05) is 18.5 Å². The molecule has 0 saturated carbocycles. The summed E-state index contributed by atoms with van der Waals surface area (Å²) in [6, 6.07) is 5.09. The molecule has 0 spiro atoms. The van der Waals surface area contributed by atoms with Crippen LogP contribution in [0.5, 0.6) is 5.75 Å². The highest BCUT2D eigenvalue weighted by Gasteiger charge is 2.11. The number of amides is 1. The van der Waals surface area contributed by atoms with Gasteiger partial charge in [0.15, 0.2) is 0 Å². The molecule has 0 fully saturated rings. The van der Waals surface area contributed by atoms with Gasteiger partial charge in [-0.2, -0.15) is 0 Å². The molecule has 1 aromatic carbocycles. The van der Waals surface area contributed by atoms with Gasteiger partial charge in [0.1, 0.15) is 5.75 Å². The Hall–Kier alpha value is -1.56. The van der Waals surface area contributed by atoms with E-state index in [-0.39, 0.29) is 18.2 Å². The van der Waals surface area contributed by atoms with Crippen molar-refractivity contribution in [2.75, 3.05) is 13.7 Å². The van der Waals surface area contributed by atoms with Gasteiger partial charge in [0.05, 0.1) is 11.6 Å². The van der Waals surface area contributed by atoms with Crippen molar-refractivity contribution in [3.8, 4) is 5.75 Å². The lowest BCUT2D eigenvalue weighted by Crippen LogP contribution is -2.28. The van der Waals surface area contributed by atoms with Gasteiger partial charge in [-0.3, -0.25) is 9.59 Å². The molecule has 0 aromatic heterocycles. The van der Waals surface area contributed by atoms with Crippen molar-refractivity contribution in [3.05, 3.63) is 28.2 Å². The zero-order valence-corrected chi connectivity index (χ0v) is 13.1. The topological polar surface area (TPSA) is 75.6 Å². The largest absolute Gasteiger partial charge is 0.496 e. The number of hydrogen-bond donors (Lipinski definition) is 2. The molecule has 0 aliphatic rings. The molecule has 1 unspecified atom stereocenters. The Kier molecular flexibility index (Phi) is 6.51. The van der Waals surface area contributed by atoms with Crippen molar-refractivity contribution < 1.29 is 19.4 Å². The van der Waals surface area contributed by atoms with E-state index in [0.717, 1.165) is 0 Å². The zero-order chi connectivity index (χ0) is 15.1. The van der Waals surface area contributed by atoms with E-state index in [0.29, 0.717) is 28.8 Å². The molecule has 1 amide bonds. The molecule has 0 aliphatic carbocycles. The van der Waals surface area contributed by atoms with Gasteiger partial charge in [0.25, 0.3) is 5.91 Å². The number of carbonyl (C=O) groups is 2. The Morgan fingerprint density at radius 2 is 2.15 bits per heavy atom. The molecule has 6 heteroatoms. The number of halogens is 1. The third-order valence-corrected chi connectivity index (χ3v) is 3.50. The van der Waals surface area contributed by atoms with Crippen LogP contribution in [0.4, 0.5) is 0 Å². The van der Waals surface area contributed by atoms with Gasteiger partial charge in [-0.1, -0.05) is 6.92 Å². The summed E-state index contributed by atoms with van der Waals surface area (Å²) in [5.74, 6) is -0.217. The van der Waals surface area contributed by atoms with Gasteiger partial charge >= 0.3 is 5.97 Å². The first kappa shape index (κ1) is 16.5. The van der Waals surface area contributed by atoms with Crippen molar-refractivity contribution in [2.45, 2.75) is 19.8 Å². The van der Waals surface area contributed by atoms with Crippen LogP contribution in [0.1, 0.15) is 30.1 Å². The first-order valence-corrected chi connectivity index (χ1v) is 7.07. The minimum absolute atomic E-state index is 0.116. The summed E-state index contributed by atoms with van der Waals surface area (Å²) >= 11 is 3.33. The Bertz CT molecular complexity index is 490. The molecule has 1 aromatic rings. The summed E-state index contributed by atoms with van der Waals surface area (Å²) in [5.41, 5.74) is 0.531. The highest BCUT2D eigenvalue weighted by Crippen LogP contribution is 2.25. The van der Waals surface area contributed by atoms with E-state index in [9.17, 15) is 9.59 Å². The number of ether oxygens (including phenoxy) is 1. The number of methoxy groups -OCH3 is 1. The fourth-order valence-electron chi connectivity index (χ4n) is 1.65. The predicted molar refractivity (Wildman–Crippen MR) is 79.1 cm³/mol. The SMILES string of the molecule is COc1ccc(C(=O)NCC(C)CCC(=O)O)cc1Br. The van der Waals surface area contributed by atoms with E-state index in [2.05, 4.69) is 21.2 Å². The van der Waals surface area contributed by atoms with Crippen LogP contribution < -0.4 is 10.1 Å². The van der Waals surface area contributed by atoms with Crippen LogP contribution in [0.2, 0.25) is 0 Å². The average molecular weight is 344 g/mol. The normalized spacial score (nSPS) is 11.8. The van der Waals surface area contributed by atoms with Gasteiger partial charge in [-0.05, 0) is 46.5 Å². The number of carbonyl (C=O) groups excluding carboxylic acids is 1. The molecule has 0 heterocycles. The van der Waals surface area contributed by atoms with Crippen molar-refractivity contribution in [1.29, 1.82) is 0 Å². The second kappa shape index (κ2) is 7.89. The van der Waals surface area contributed by atoms with E-state index < -0.39 is 5.97 Å². The van der Waals surface area contributed by atoms with Gasteiger partial charge in [-0.25, -0.2) is 0 Å². The van der Waals surface area contributed by atoms with Gasteiger partial charge < -0.3 is 15.2 Å². The highest BCUT2D eigenvalue weighted by atomic mass is 79.9. The van der Waals surface area contributed by atoms with E-state index in [4.69, 9.17) is 9.84 Å². The Labute approximate surface area is 126 Å². The summed E-state index contributed by atoms with van der Waals surface area (Å²) in [6.45, 7) is 2.36. The molecule has 0 saturated heterocycles. The molecular formula is C14H18BrNO4. The van der Waals surface area contributed by atoms with Crippen molar-refractivity contribution in [2.24, 2.45) is 5.92 Å². The van der Waals surface area contributed by atoms with E-state index in [1.807, 2.05) is 6.92 Å². The molecule has 1 atom stereocenters. The zero-order valence-electron chi connectivity index (χ0n) is 11.5. The fraction of sp³-hybridized carbons (Fsp3) is 0.429. The third-order valence-electron chi connectivity index (χ3n) is 2.88. The number of aliphatic carboxylic acids is 1. The lowest BCUT2D eigenvalue weighted by Gasteiger charge is -2.12. The van der Waals surface area contributed by atoms with E-state index >= 15 is 0 Å². The fourth-order valence-corrected chi connectivity index (χ4v) is 2.19. The number of rotatable bonds is 7. The number of hydrogen-bond acceptors (Lipinski definition) is 3. The molecule has 0 bridgehead atoms. The minimum atomic E-state index is -0.817. The number of carboxylic acid groups (broad SMARTS) is 1. The lowest BCUT2D eigenvalue weighted by atomic mass is 10.1. The maximum absolute atomic E-state index is 12.0. The maximum Gasteiger partial charge on any atom is 0.303 e. The summed E-state index contributed by atoms with van der Waals surface area (Å²) < 4.78 is 5.81. The quantitative estimate of drug-likeness (QED) is 0.797. The molecule has 5 nitrogen and oxygen atoms in total. The summed E-state index contributed by atoms with van der Waals surface area (Å²) in [5, 5.41) is 11.4. The van der Waals surface area contributed by atoms with E-state index in [1.165, 1.54) is 0 Å². The number of benzene rings is 1. The van der Waals surface area contributed by atoms with Gasteiger partial charge in [0.2, 0.25) is 0 Å². The van der Waals surface area contributed by atoms with Crippen LogP contribution in [0.15, 0.2) is 22.7 Å². The van der Waals surface area contributed by atoms with Crippen LogP contribution in [0.25, 0.3) is 0 Å². The van der Waals surface area contributed by atoms with Crippen LogP contribution in [0, 0.1) is 5.92 Å². The van der Waals surface area contributed by atoms with Gasteiger partial charge in [-0.15, -0.1) is 0 Å². The third kappa shape index (κ3) is 5.21. The monoisotopic (exact) mass is 343 g/mol. The highest BCUT2D eigenvalue weighted by molar-refractivity contribution is 9.10. The van der Waals surface area contributed by atoms with Crippen molar-refractivity contribution in [1.82, 2.24) is 5.32 Å². The maximum atomic E-state index is 12.0. The Morgan fingerprint density at radius 3 is 2.70 bits per heavy atom. The summed E-state index contributed by atoms with van der Waals surface area (Å²) in [7, 11) is 1.56. The molecule has 1 rings (SSSR count). The van der Waals surface area contributed by atoms with Crippen molar-refractivity contribution in [3.63, 3.8) is 0 Å². The predicted octanol–water partition coefficient (Wildman–Crippen LogP) is 2.69. The number of nitrogens with one attached hydrogen (secondary N) is 1. The first-order chi connectivity index (χ1) is 9.43. The standard InChI is InChI=1S/C14H18BrNO4/c1-9(3-6-13(17)18)8-16-14(19)10-4-5-12(20-2)11(15)7-10/h4-5,7,9H,3,6,8H2,1-2H3,(H,16,19)(H,17,18). The van der Waals surface area contributed by atoms with E-state index in [1.54, 1.807) is 25.3 Å². The van der Waals surface area contributed by atoms with Crippen LogP contribution >= 0.6 is 15.9 Å². The first-order valence-electron chi connectivity index (χ1n) is 6.27. The molecule has 20 heavy (non-hydrogen) atoms. The summed E-state index contributed by atoms with van der Waals surface area (Å²) in [6.07, 6.45) is 0.660. The molecule has 0 aliphatic heterocycles.